The minimum atomic E-state index is 0.278. The Morgan fingerprint density at radius 1 is 1.00 bits per heavy atom. The van der Waals surface area contributed by atoms with Gasteiger partial charge in [-0.15, -0.1) is 5.10 Å². The molecule has 9 nitrogen and oxygen atoms in total. The maximum atomic E-state index is 6.12. The van der Waals surface area contributed by atoms with E-state index in [1.807, 2.05) is 12.1 Å². The van der Waals surface area contributed by atoms with Crippen molar-refractivity contribution in [3.05, 3.63) is 36.5 Å². The molecule has 0 aliphatic carbocycles. The van der Waals surface area contributed by atoms with Gasteiger partial charge in [0, 0.05) is 49.8 Å². The molecule has 3 N–H and O–H groups in total. The predicted molar refractivity (Wildman–Crippen MR) is 121 cm³/mol. The zero-order chi connectivity index (χ0) is 20.9. The predicted octanol–water partition coefficient (Wildman–Crippen LogP) is 3.22. The van der Waals surface area contributed by atoms with Crippen LogP contribution in [0.4, 0.5) is 29.2 Å². The van der Waals surface area contributed by atoms with E-state index in [1.165, 1.54) is 24.9 Å². The molecule has 1 aliphatic rings. The van der Waals surface area contributed by atoms with Crippen LogP contribution in [-0.2, 0) is 0 Å². The summed E-state index contributed by atoms with van der Waals surface area (Å²) in [6.45, 7) is 8.21. The molecule has 1 aliphatic heterocycles. The molecule has 30 heavy (non-hydrogen) atoms. The molecule has 158 valence electrons. The first-order valence-electron chi connectivity index (χ1n) is 10.6. The van der Waals surface area contributed by atoms with Crippen LogP contribution in [0, 0.1) is 0 Å². The topological polar surface area (TPSA) is 101 Å². The van der Waals surface area contributed by atoms with Crippen LogP contribution < -0.4 is 20.9 Å². The van der Waals surface area contributed by atoms with Gasteiger partial charge in [0.1, 0.15) is 0 Å². The van der Waals surface area contributed by atoms with Gasteiger partial charge in [0.05, 0.1) is 0 Å². The summed E-state index contributed by atoms with van der Waals surface area (Å²) < 4.78 is 1.54. The molecule has 9 heteroatoms. The van der Waals surface area contributed by atoms with Crippen molar-refractivity contribution in [3.8, 4) is 5.82 Å². The number of nitrogens with two attached hydrogens (primary N) is 1. The number of anilines is 5. The molecule has 1 saturated heterocycles. The third-order valence-corrected chi connectivity index (χ3v) is 5.37. The van der Waals surface area contributed by atoms with E-state index in [4.69, 9.17) is 5.73 Å². The summed E-state index contributed by atoms with van der Waals surface area (Å²) in [6.07, 6.45) is 5.34. The molecule has 0 atom stereocenters. The highest BCUT2D eigenvalue weighted by atomic mass is 15.4. The summed E-state index contributed by atoms with van der Waals surface area (Å²) >= 11 is 0. The number of aromatic nitrogens is 5. The Hall–Kier alpha value is -3.36. The zero-order valence-corrected chi connectivity index (χ0v) is 17.6. The second-order valence-corrected chi connectivity index (χ2v) is 7.31. The second kappa shape index (κ2) is 8.98. The molecular formula is C21H29N9. The first-order valence-corrected chi connectivity index (χ1v) is 10.6. The number of piperidine rings is 1. The molecule has 3 aromatic rings. The summed E-state index contributed by atoms with van der Waals surface area (Å²) in [5, 5.41) is 7.72. The maximum Gasteiger partial charge on any atom is 0.248 e. The number of hydrogen-bond acceptors (Lipinski definition) is 8. The van der Waals surface area contributed by atoms with Gasteiger partial charge in [-0.3, -0.25) is 0 Å². The van der Waals surface area contributed by atoms with E-state index in [0.29, 0.717) is 17.7 Å². The van der Waals surface area contributed by atoms with E-state index >= 15 is 0 Å². The summed E-state index contributed by atoms with van der Waals surface area (Å²) in [4.78, 5) is 17.9. The quantitative estimate of drug-likeness (QED) is 0.616. The fourth-order valence-corrected chi connectivity index (χ4v) is 3.72. The van der Waals surface area contributed by atoms with Gasteiger partial charge in [0.2, 0.25) is 17.8 Å². The van der Waals surface area contributed by atoms with Gasteiger partial charge >= 0.3 is 0 Å². The maximum absolute atomic E-state index is 6.12. The molecule has 0 radical (unpaired) electrons. The summed E-state index contributed by atoms with van der Waals surface area (Å²) in [7, 11) is 0. The average Bonchev–Trinajstić information content (AvgIpc) is 3.16. The van der Waals surface area contributed by atoms with E-state index in [2.05, 4.69) is 61.1 Å². The summed E-state index contributed by atoms with van der Waals surface area (Å²) in [6, 6.07) is 10.0. The molecule has 1 aromatic carbocycles. The minimum absolute atomic E-state index is 0.278. The van der Waals surface area contributed by atoms with Crippen molar-refractivity contribution in [2.75, 3.05) is 47.0 Å². The van der Waals surface area contributed by atoms with E-state index in [1.54, 1.807) is 16.9 Å². The van der Waals surface area contributed by atoms with Gasteiger partial charge in [-0.2, -0.15) is 14.6 Å². The zero-order valence-electron chi connectivity index (χ0n) is 17.6. The lowest BCUT2D eigenvalue weighted by Crippen LogP contribution is -2.31. The largest absolute Gasteiger partial charge is 0.372 e. The smallest absolute Gasteiger partial charge is 0.248 e. The molecular weight excluding hydrogens is 378 g/mol. The van der Waals surface area contributed by atoms with Gasteiger partial charge in [-0.05, 0) is 57.4 Å². The standard InChI is InChI=1S/C21H29N9/c1-3-28(4-2)17-10-8-16(9-11-17)24-20-26-19(22)30(27-20)18-12-13-23-21(25-18)29-14-6-5-7-15-29/h8-13H,3-7,14-15H2,1-2H3,(H3,22,24,26,27). The Balaban J connectivity index is 1.51. The number of nitrogens with zero attached hydrogens (tertiary/aromatic N) is 7. The third kappa shape index (κ3) is 4.29. The molecule has 2 aromatic heterocycles. The Bertz CT molecular complexity index is 957. The molecule has 1 fully saturated rings. The van der Waals surface area contributed by atoms with E-state index in [0.717, 1.165) is 31.9 Å². The normalized spacial score (nSPS) is 14.0. The second-order valence-electron chi connectivity index (χ2n) is 7.31. The third-order valence-electron chi connectivity index (χ3n) is 5.37. The monoisotopic (exact) mass is 407 g/mol. The highest BCUT2D eigenvalue weighted by molar-refractivity contribution is 5.60. The van der Waals surface area contributed by atoms with E-state index in [-0.39, 0.29) is 5.95 Å². The SMILES string of the molecule is CCN(CC)c1ccc(Nc2nc(N)n(-c3ccnc(N4CCCCC4)n3)n2)cc1. The van der Waals surface area contributed by atoms with Crippen molar-refractivity contribution < 1.29 is 0 Å². The molecule has 0 bridgehead atoms. The minimum Gasteiger partial charge on any atom is -0.372 e. The van der Waals surface area contributed by atoms with Gasteiger partial charge < -0.3 is 20.9 Å². The first-order chi connectivity index (χ1) is 14.7. The van der Waals surface area contributed by atoms with Gasteiger partial charge in [-0.1, -0.05) is 0 Å². The number of hydrogen-bond donors (Lipinski definition) is 2. The Morgan fingerprint density at radius 3 is 2.43 bits per heavy atom. The molecule has 0 spiro atoms. The van der Waals surface area contributed by atoms with Gasteiger partial charge in [0.25, 0.3) is 0 Å². The van der Waals surface area contributed by atoms with Gasteiger partial charge in [-0.25, -0.2) is 4.98 Å². The number of nitrogens with one attached hydrogen (secondary N) is 1. The Morgan fingerprint density at radius 2 is 1.73 bits per heavy atom. The van der Waals surface area contributed by atoms with Crippen LogP contribution >= 0.6 is 0 Å². The van der Waals surface area contributed by atoms with Crippen LogP contribution in [0.5, 0.6) is 0 Å². The van der Waals surface area contributed by atoms with Crippen LogP contribution in [0.3, 0.4) is 0 Å². The van der Waals surface area contributed by atoms with Crippen LogP contribution in [-0.4, -0.2) is 50.9 Å². The van der Waals surface area contributed by atoms with E-state index in [9.17, 15) is 0 Å². The molecule has 4 rings (SSSR count). The van der Waals surface area contributed by atoms with Crippen LogP contribution in [0.15, 0.2) is 36.5 Å². The fraction of sp³-hybridized carbons (Fsp3) is 0.429. The number of rotatable bonds is 7. The van der Waals surface area contributed by atoms with Crippen molar-refractivity contribution in [3.63, 3.8) is 0 Å². The van der Waals surface area contributed by atoms with Gasteiger partial charge in [0.15, 0.2) is 5.82 Å². The Kier molecular flexibility index (Phi) is 5.97. The summed E-state index contributed by atoms with van der Waals surface area (Å²) in [5.74, 6) is 2.03. The van der Waals surface area contributed by atoms with Crippen LogP contribution in [0.1, 0.15) is 33.1 Å². The highest BCUT2D eigenvalue weighted by Gasteiger charge is 2.16. The molecule has 0 amide bonds. The number of nitrogen functional groups attached to an aromatic ring is 1. The molecule has 3 heterocycles. The Labute approximate surface area is 176 Å². The lowest BCUT2D eigenvalue weighted by molar-refractivity contribution is 0.567. The number of benzene rings is 1. The van der Waals surface area contributed by atoms with E-state index < -0.39 is 0 Å². The fourth-order valence-electron chi connectivity index (χ4n) is 3.72. The van der Waals surface area contributed by atoms with Crippen molar-refractivity contribution >= 4 is 29.2 Å². The summed E-state index contributed by atoms with van der Waals surface area (Å²) in [5.41, 5.74) is 8.22. The van der Waals surface area contributed by atoms with Crippen LogP contribution in [0.25, 0.3) is 5.82 Å². The molecule has 0 unspecified atom stereocenters. The highest BCUT2D eigenvalue weighted by Crippen LogP contribution is 2.22. The average molecular weight is 408 g/mol. The lowest BCUT2D eigenvalue weighted by atomic mass is 10.1. The molecule has 0 saturated carbocycles. The lowest BCUT2D eigenvalue weighted by Gasteiger charge is -2.26. The van der Waals surface area contributed by atoms with Crippen molar-refractivity contribution in [1.29, 1.82) is 0 Å². The van der Waals surface area contributed by atoms with Crippen molar-refractivity contribution in [2.24, 2.45) is 0 Å². The van der Waals surface area contributed by atoms with Crippen molar-refractivity contribution in [1.82, 2.24) is 24.7 Å². The van der Waals surface area contributed by atoms with Crippen molar-refractivity contribution in [2.45, 2.75) is 33.1 Å². The van der Waals surface area contributed by atoms with Crippen LogP contribution in [0.2, 0.25) is 0 Å². The first kappa shape index (κ1) is 19.9.